The minimum absolute atomic E-state index is 0.0310. The van der Waals surface area contributed by atoms with E-state index in [2.05, 4.69) is 10.6 Å². The summed E-state index contributed by atoms with van der Waals surface area (Å²) in [6.07, 6.45) is 0.162. The van der Waals surface area contributed by atoms with Gasteiger partial charge in [-0.25, -0.2) is 4.79 Å². The van der Waals surface area contributed by atoms with Gasteiger partial charge in [-0.15, -0.1) is 0 Å². The van der Waals surface area contributed by atoms with Crippen molar-refractivity contribution < 1.29 is 14.7 Å². The van der Waals surface area contributed by atoms with Crippen molar-refractivity contribution in [2.75, 3.05) is 20.1 Å². The Labute approximate surface area is 88.6 Å². The molecule has 0 aromatic heterocycles. The number of carbonyl (C=O) groups excluding carboxylic acids is 2. The summed E-state index contributed by atoms with van der Waals surface area (Å²) < 4.78 is 0. The monoisotopic (exact) mass is 215 g/mol. The van der Waals surface area contributed by atoms with Crippen LogP contribution in [0.25, 0.3) is 0 Å². The summed E-state index contributed by atoms with van der Waals surface area (Å²) in [4.78, 5) is 24.0. The normalized spacial score (nSPS) is 25.1. The summed E-state index contributed by atoms with van der Waals surface area (Å²) in [5, 5.41) is 14.1. The van der Waals surface area contributed by atoms with Crippen LogP contribution in [0.5, 0.6) is 0 Å². The lowest BCUT2D eigenvalue weighted by Gasteiger charge is -2.21. The first-order valence-corrected chi connectivity index (χ1v) is 4.97. The molecule has 1 heterocycles. The number of rotatable bonds is 2. The Bertz CT molecular complexity index is 257. The van der Waals surface area contributed by atoms with Crippen molar-refractivity contribution in [2.24, 2.45) is 0 Å². The van der Waals surface area contributed by atoms with Gasteiger partial charge in [0.05, 0.1) is 12.6 Å². The topological polar surface area (TPSA) is 81.7 Å². The zero-order valence-electron chi connectivity index (χ0n) is 8.99. The third-order valence-corrected chi connectivity index (χ3v) is 2.50. The van der Waals surface area contributed by atoms with E-state index in [0.29, 0.717) is 13.0 Å². The van der Waals surface area contributed by atoms with E-state index in [4.69, 9.17) is 0 Å². The maximum atomic E-state index is 11.6. The van der Waals surface area contributed by atoms with E-state index >= 15 is 0 Å². The average Bonchev–Trinajstić information content (AvgIpc) is 2.53. The van der Waals surface area contributed by atoms with Gasteiger partial charge in [-0.2, -0.15) is 0 Å². The molecule has 1 fully saturated rings. The van der Waals surface area contributed by atoms with Gasteiger partial charge < -0.3 is 20.6 Å². The first kappa shape index (κ1) is 11.8. The van der Waals surface area contributed by atoms with Crippen LogP contribution in [0.3, 0.4) is 0 Å². The van der Waals surface area contributed by atoms with E-state index in [9.17, 15) is 14.7 Å². The molecule has 1 rings (SSSR count). The fraction of sp³-hybridized carbons (Fsp3) is 0.778. The molecule has 0 saturated carbocycles. The van der Waals surface area contributed by atoms with Crippen molar-refractivity contribution in [1.29, 1.82) is 0 Å². The van der Waals surface area contributed by atoms with Crippen molar-refractivity contribution >= 4 is 11.9 Å². The van der Waals surface area contributed by atoms with Gasteiger partial charge in [-0.3, -0.25) is 4.79 Å². The molecule has 6 heteroatoms. The van der Waals surface area contributed by atoms with Crippen LogP contribution in [0.4, 0.5) is 4.79 Å². The molecule has 0 spiro atoms. The highest BCUT2D eigenvalue weighted by Gasteiger charge is 2.30. The molecule has 0 bridgehead atoms. The van der Waals surface area contributed by atoms with Crippen LogP contribution >= 0.6 is 0 Å². The molecule has 0 aromatic carbocycles. The molecule has 0 aliphatic carbocycles. The number of amides is 3. The zero-order valence-corrected chi connectivity index (χ0v) is 8.99. The molecule has 0 radical (unpaired) electrons. The van der Waals surface area contributed by atoms with Gasteiger partial charge >= 0.3 is 6.03 Å². The molecule has 1 saturated heterocycles. The van der Waals surface area contributed by atoms with E-state index in [-0.39, 0.29) is 24.5 Å². The minimum atomic E-state index is -0.441. The molecule has 86 valence electrons. The van der Waals surface area contributed by atoms with Gasteiger partial charge in [0, 0.05) is 19.6 Å². The van der Waals surface area contributed by atoms with Crippen molar-refractivity contribution in [2.45, 2.75) is 25.5 Å². The van der Waals surface area contributed by atoms with Gasteiger partial charge in [0.25, 0.3) is 0 Å². The molecule has 3 N–H and O–H groups in total. The Morgan fingerprint density at radius 1 is 1.53 bits per heavy atom. The van der Waals surface area contributed by atoms with Gasteiger partial charge in [-0.1, -0.05) is 0 Å². The van der Waals surface area contributed by atoms with E-state index in [1.807, 2.05) is 6.92 Å². The quantitative estimate of drug-likeness (QED) is 0.546. The van der Waals surface area contributed by atoms with Crippen LogP contribution in [0.2, 0.25) is 0 Å². The Morgan fingerprint density at radius 3 is 2.67 bits per heavy atom. The Balaban J connectivity index is 2.37. The number of urea groups is 1. The lowest BCUT2D eigenvalue weighted by atomic mass is 10.2. The highest BCUT2D eigenvalue weighted by Crippen LogP contribution is 2.16. The summed E-state index contributed by atoms with van der Waals surface area (Å²) in [5.41, 5.74) is 0. The van der Waals surface area contributed by atoms with Crippen LogP contribution in [-0.4, -0.2) is 54.2 Å². The van der Waals surface area contributed by atoms with Gasteiger partial charge in [0.1, 0.15) is 0 Å². The van der Waals surface area contributed by atoms with Gasteiger partial charge in [0.15, 0.2) is 0 Å². The molecular weight excluding hydrogens is 198 g/mol. The predicted octanol–water partition coefficient (Wildman–Crippen LogP) is -1.10. The minimum Gasteiger partial charge on any atom is -0.391 e. The van der Waals surface area contributed by atoms with Crippen LogP contribution in [0, 0.1) is 0 Å². The van der Waals surface area contributed by atoms with E-state index in [1.165, 1.54) is 7.05 Å². The number of nitrogens with zero attached hydrogens (tertiary/aromatic N) is 1. The number of β-amino-alcohol motifs (C(OH)–C–C–N with tert-alkyl or cyclic N) is 1. The first-order chi connectivity index (χ1) is 7.04. The Morgan fingerprint density at radius 2 is 2.20 bits per heavy atom. The van der Waals surface area contributed by atoms with Crippen molar-refractivity contribution in [3.8, 4) is 0 Å². The van der Waals surface area contributed by atoms with Crippen LogP contribution in [-0.2, 0) is 4.79 Å². The summed E-state index contributed by atoms with van der Waals surface area (Å²) in [7, 11) is 1.49. The van der Waals surface area contributed by atoms with E-state index in [0.717, 1.165) is 0 Å². The lowest BCUT2D eigenvalue weighted by molar-refractivity contribution is -0.130. The molecular formula is C9H17N3O3. The molecule has 6 nitrogen and oxygen atoms in total. The third kappa shape index (κ3) is 3.09. The second-order valence-corrected chi connectivity index (χ2v) is 3.72. The number of likely N-dealkylation sites (tertiary alicyclic amines) is 1. The zero-order chi connectivity index (χ0) is 11.4. The Kier molecular flexibility index (Phi) is 3.90. The van der Waals surface area contributed by atoms with Gasteiger partial charge in [-0.05, 0) is 13.3 Å². The fourth-order valence-electron chi connectivity index (χ4n) is 1.70. The summed E-state index contributed by atoms with van der Waals surface area (Å²) in [6.45, 7) is 2.21. The molecule has 2 atom stereocenters. The average molecular weight is 215 g/mol. The Hall–Kier alpha value is -1.30. The standard InChI is InChI=1S/C9H17N3O3/c1-6-3-7(13)5-12(6)8(14)4-11-9(15)10-2/h6-7,13H,3-5H2,1-2H3,(H2,10,11,15). The lowest BCUT2D eigenvalue weighted by Crippen LogP contribution is -2.44. The molecule has 3 amide bonds. The van der Waals surface area contributed by atoms with Crippen LogP contribution in [0.1, 0.15) is 13.3 Å². The maximum Gasteiger partial charge on any atom is 0.314 e. The molecule has 1 aliphatic heterocycles. The van der Waals surface area contributed by atoms with Crippen LogP contribution in [0.15, 0.2) is 0 Å². The smallest absolute Gasteiger partial charge is 0.314 e. The number of hydrogen-bond acceptors (Lipinski definition) is 3. The number of carbonyl (C=O) groups is 2. The predicted molar refractivity (Wildman–Crippen MR) is 54.3 cm³/mol. The highest BCUT2D eigenvalue weighted by molar-refractivity contribution is 5.84. The van der Waals surface area contributed by atoms with Crippen molar-refractivity contribution in [3.63, 3.8) is 0 Å². The highest BCUT2D eigenvalue weighted by atomic mass is 16.3. The molecule has 2 unspecified atom stereocenters. The van der Waals surface area contributed by atoms with Crippen molar-refractivity contribution in [1.82, 2.24) is 15.5 Å². The third-order valence-electron chi connectivity index (χ3n) is 2.50. The summed E-state index contributed by atoms with van der Waals surface area (Å²) >= 11 is 0. The summed E-state index contributed by atoms with van der Waals surface area (Å²) in [6, 6.07) is -0.338. The number of nitrogens with one attached hydrogen (secondary N) is 2. The maximum absolute atomic E-state index is 11.6. The number of hydrogen-bond donors (Lipinski definition) is 3. The second kappa shape index (κ2) is 4.97. The number of aliphatic hydroxyl groups excluding tert-OH is 1. The fourth-order valence-corrected chi connectivity index (χ4v) is 1.70. The van der Waals surface area contributed by atoms with Crippen LogP contribution < -0.4 is 10.6 Å². The van der Waals surface area contributed by atoms with Crippen molar-refractivity contribution in [3.05, 3.63) is 0 Å². The molecule has 0 aromatic rings. The van der Waals surface area contributed by atoms with E-state index < -0.39 is 6.10 Å². The molecule has 1 aliphatic rings. The second-order valence-electron chi connectivity index (χ2n) is 3.72. The first-order valence-electron chi connectivity index (χ1n) is 4.97. The molecule has 15 heavy (non-hydrogen) atoms. The number of aliphatic hydroxyl groups is 1. The largest absolute Gasteiger partial charge is 0.391 e. The SMILES string of the molecule is CNC(=O)NCC(=O)N1CC(O)CC1C. The van der Waals surface area contributed by atoms with Gasteiger partial charge in [0.2, 0.25) is 5.91 Å². The summed E-state index contributed by atoms with van der Waals surface area (Å²) in [5.74, 6) is -0.164. The van der Waals surface area contributed by atoms with E-state index in [1.54, 1.807) is 4.90 Å².